The molecule has 1 aliphatic heterocycles. The number of amides is 1. The molecule has 1 aromatic heterocycles. The average molecular weight is 520 g/mol. The number of aryl methyl sites for hydroxylation is 1. The fourth-order valence-corrected chi connectivity index (χ4v) is 5.14. The Morgan fingerprint density at radius 1 is 1.08 bits per heavy atom. The highest BCUT2D eigenvalue weighted by Crippen LogP contribution is 2.43. The largest absolute Gasteiger partial charge is 0.507 e. The van der Waals surface area contributed by atoms with E-state index in [1.54, 1.807) is 36.7 Å². The molecule has 2 heterocycles. The van der Waals surface area contributed by atoms with Crippen molar-refractivity contribution in [3.05, 3.63) is 93.8 Å². The predicted molar refractivity (Wildman–Crippen MR) is 145 cm³/mol. The molecule has 1 N–H and O–H groups in total. The van der Waals surface area contributed by atoms with Crippen molar-refractivity contribution in [3.63, 3.8) is 0 Å². The van der Waals surface area contributed by atoms with Crippen molar-refractivity contribution in [1.29, 1.82) is 0 Å². The molecule has 0 aliphatic carbocycles. The highest BCUT2D eigenvalue weighted by atomic mass is 35.5. The summed E-state index contributed by atoms with van der Waals surface area (Å²) in [4.78, 5) is 34.5. The van der Waals surface area contributed by atoms with Crippen LogP contribution in [-0.4, -0.2) is 46.9 Å². The standard InChI is InChI=1S/C29H30ClN3O4/c1-5-32(6-2)21-9-7-20(8-10-21)25-24(26(34)22-15-18(3)16-23(30)28(22)37-4)27(35)29(36)33(25)17-19-11-13-31-14-12-19/h7-16,25,34H,5-6,17H2,1-4H3/b26-24+. The van der Waals surface area contributed by atoms with E-state index in [9.17, 15) is 14.7 Å². The van der Waals surface area contributed by atoms with Gasteiger partial charge in [-0.15, -0.1) is 0 Å². The highest BCUT2D eigenvalue weighted by Gasteiger charge is 2.46. The number of pyridine rings is 1. The minimum Gasteiger partial charge on any atom is -0.507 e. The quantitative estimate of drug-likeness (QED) is 0.240. The number of rotatable bonds is 8. The molecule has 1 aliphatic rings. The fraction of sp³-hybridized carbons (Fsp3) is 0.276. The van der Waals surface area contributed by atoms with Gasteiger partial charge in [0, 0.05) is 37.7 Å². The smallest absolute Gasteiger partial charge is 0.295 e. The summed E-state index contributed by atoms with van der Waals surface area (Å²) in [6.07, 6.45) is 3.28. The molecule has 37 heavy (non-hydrogen) atoms. The first-order valence-corrected chi connectivity index (χ1v) is 12.5. The molecule has 3 aromatic rings. The van der Waals surface area contributed by atoms with Crippen LogP contribution in [0, 0.1) is 6.92 Å². The zero-order valence-corrected chi connectivity index (χ0v) is 22.1. The molecule has 192 valence electrons. The molecule has 4 rings (SSSR count). The van der Waals surface area contributed by atoms with Gasteiger partial charge in [-0.3, -0.25) is 14.6 Å². The fourth-order valence-electron chi connectivity index (χ4n) is 4.79. The number of hydrogen-bond acceptors (Lipinski definition) is 6. The minimum atomic E-state index is -0.803. The molecular weight excluding hydrogens is 490 g/mol. The number of ether oxygens (including phenoxy) is 1. The van der Waals surface area contributed by atoms with E-state index in [2.05, 4.69) is 23.7 Å². The first kappa shape index (κ1) is 26.2. The van der Waals surface area contributed by atoms with E-state index >= 15 is 0 Å². The zero-order valence-electron chi connectivity index (χ0n) is 21.4. The number of ketones is 1. The van der Waals surface area contributed by atoms with E-state index < -0.39 is 17.7 Å². The number of hydrogen-bond donors (Lipinski definition) is 1. The third-order valence-corrected chi connectivity index (χ3v) is 6.91. The molecule has 0 saturated carbocycles. The Hall–Kier alpha value is -3.84. The lowest BCUT2D eigenvalue weighted by atomic mass is 9.94. The van der Waals surface area contributed by atoms with E-state index in [4.69, 9.17) is 16.3 Å². The van der Waals surface area contributed by atoms with Crippen molar-refractivity contribution in [2.75, 3.05) is 25.1 Å². The zero-order chi connectivity index (χ0) is 26.7. The molecule has 1 unspecified atom stereocenters. The topological polar surface area (TPSA) is 83.0 Å². The van der Waals surface area contributed by atoms with E-state index in [0.717, 1.165) is 29.9 Å². The van der Waals surface area contributed by atoms with Gasteiger partial charge in [-0.25, -0.2) is 0 Å². The van der Waals surface area contributed by atoms with Crippen LogP contribution in [0.4, 0.5) is 5.69 Å². The van der Waals surface area contributed by atoms with Gasteiger partial charge in [0.25, 0.3) is 11.7 Å². The monoisotopic (exact) mass is 519 g/mol. The van der Waals surface area contributed by atoms with Crippen molar-refractivity contribution < 1.29 is 19.4 Å². The van der Waals surface area contributed by atoms with Gasteiger partial charge in [0.05, 0.1) is 29.3 Å². The number of methoxy groups -OCH3 is 1. The Morgan fingerprint density at radius 2 is 1.73 bits per heavy atom. The first-order valence-electron chi connectivity index (χ1n) is 12.2. The Labute approximate surface area is 222 Å². The number of benzene rings is 2. The van der Waals surface area contributed by atoms with Crippen molar-refractivity contribution in [1.82, 2.24) is 9.88 Å². The van der Waals surface area contributed by atoms with Crippen LogP contribution in [0.15, 0.2) is 66.5 Å². The molecule has 0 bridgehead atoms. The lowest BCUT2D eigenvalue weighted by Crippen LogP contribution is -2.29. The number of aromatic nitrogens is 1. The van der Waals surface area contributed by atoms with E-state index in [1.807, 2.05) is 31.2 Å². The molecule has 0 spiro atoms. The number of aliphatic hydroxyl groups is 1. The first-order chi connectivity index (χ1) is 17.8. The summed E-state index contributed by atoms with van der Waals surface area (Å²) in [5.74, 6) is -1.53. The molecule has 7 nitrogen and oxygen atoms in total. The van der Waals surface area contributed by atoms with Crippen LogP contribution < -0.4 is 9.64 Å². The lowest BCUT2D eigenvalue weighted by Gasteiger charge is -2.27. The summed E-state index contributed by atoms with van der Waals surface area (Å²) in [6.45, 7) is 7.88. The van der Waals surface area contributed by atoms with E-state index in [-0.39, 0.29) is 29.2 Å². The molecule has 1 atom stereocenters. The summed E-state index contributed by atoms with van der Waals surface area (Å²) in [5, 5.41) is 11.8. The Balaban J connectivity index is 1.90. The second-order valence-electron chi connectivity index (χ2n) is 8.87. The molecule has 2 aromatic carbocycles. The average Bonchev–Trinajstić information content (AvgIpc) is 3.14. The van der Waals surface area contributed by atoms with Crippen LogP contribution in [0.3, 0.4) is 0 Å². The van der Waals surface area contributed by atoms with E-state index in [0.29, 0.717) is 10.6 Å². The Morgan fingerprint density at radius 3 is 2.32 bits per heavy atom. The third kappa shape index (κ3) is 5.04. The maximum absolute atomic E-state index is 13.4. The maximum Gasteiger partial charge on any atom is 0.295 e. The molecule has 1 amide bonds. The molecule has 1 fully saturated rings. The van der Waals surface area contributed by atoms with Crippen molar-refractivity contribution in [2.45, 2.75) is 33.4 Å². The number of Topliss-reactive ketones (excluding diaryl/α,β-unsaturated/α-hetero) is 1. The van der Waals surface area contributed by atoms with Gasteiger partial charge in [0.2, 0.25) is 0 Å². The Bertz CT molecular complexity index is 1340. The number of carbonyl (C=O) groups excluding carboxylic acids is 2. The summed E-state index contributed by atoms with van der Waals surface area (Å²) >= 11 is 6.38. The SMILES string of the molecule is CCN(CC)c1ccc(C2/C(=C(\O)c3cc(C)cc(Cl)c3OC)C(=O)C(=O)N2Cc2ccncc2)cc1. The van der Waals surface area contributed by atoms with Gasteiger partial charge < -0.3 is 19.6 Å². The van der Waals surface area contributed by atoms with Gasteiger partial charge in [-0.2, -0.15) is 0 Å². The predicted octanol–water partition coefficient (Wildman–Crippen LogP) is 5.52. The molecule has 1 saturated heterocycles. The van der Waals surface area contributed by atoms with Gasteiger partial charge in [-0.05, 0) is 73.9 Å². The van der Waals surface area contributed by atoms with Crippen LogP contribution in [0.1, 0.15) is 42.1 Å². The molecule has 8 heteroatoms. The normalized spacial score (nSPS) is 16.8. The Kier molecular flexibility index (Phi) is 7.83. The van der Waals surface area contributed by atoms with E-state index in [1.165, 1.54) is 12.0 Å². The van der Waals surface area contributed by atoms with Gasteiger partial charge >= 0.3 is 0 Å². The van der Waals surface area contributed by atoms with Crippen molar-refractivity contribution >= 4 is 34.7 Å². The maximum atomic E-state index is 13.4. The molecular formula is C29H30ClN3O4. The highest BCUT2D eigenvalue weighted by molar-refractivity contribution is 6.46. The second kappa shape index (κ2) is 11.0. The van der Waals surface area contributed by atoms with Crippen LogP contribution in [0.2, 0.25) is 5.02 Å². The van der Waals surface area contributed by atoms with Crippen molar-refractivity contribution in [2.24, 2.45) is 0 Å². The summed E-state index contributed by atoms with van der Waals surface area (Å²) in [5.41, 5.74) is 3.60. The van der Waals surface area contributed by atoms with Crippen LogP contribution >= 0.6 is 11.6 Å². The minimum absolute atomic E-state index is 0.00499. The number of carbonyl (C=O) groups is 2. The van der Waals surface area contributed by atoms with Crippen LogP contribution in [0.25, 0.3) is 5.76 Å². The number of likely N-dealkylation sites (tertiary alicyclic amines) is 1. The molecule has 0 radical (unpaired) electrons. The third-order valence-electron chi connectivity index (χ3n) is 6.63. The van der Waals surface area contributed by atoms with Crippen molar-refractivity contribution in [3.8, 4) is 5.75 Å². The van der Waals surface area contributed by atoms with Crippen LogP contribution in [0.5, 0.6) is 5.75 Å². The van der Waals surface area contributed by atoms with Crippen LogP contribution in [-0.2, 0) is 16.1 Å². The number of anilines is 1. The number of nitrogens with zero attached hydrogens (tertiary/aromatic N) is 3. The van der Waals surface area contributed by atoms with Gasteiger partial charge in [0.1, 0.15) is 11.5 Å². The lowest BCUT2D eigenvalue weighted by molar-refractivity contribution is -0.140. The number of halogens is 1. The van der Waals surface area contributed by atoms with Gasteiger partial charge in [0.15, 0.2) is 0 Å². The summed E-state index contributed by atoms with van der Waals surface area (Å²) < 4.78 is 5.46. The number of aliphatic hydroxyl groups excluding tert-OH is 1. The second-order valence-corrected chi connectivity index (χ2v) is 9.28. The van der Waals surface area contributed by atoms with Gasteiger partial charge in [-0.1, -0.05) is 23.7 Å². The summed E-state index contributed by atoms with van der Waals surface area (Å²) in [6, 6.07) is 13.9. The summed E-state index contributed by atoms with van der Waals surface area (Å²) in [7, 11) is 1.44.